The maximum absolute atomic E-state index is 14.7. The Hall–Kier alpha value is -1.72. The zero-order valence-corrected chi connectivity index (χ0v) is 17.8. The molecule has 1 saturated carbocycles. The second kappa shape index (κ2) is 8.57. The first-order valence-corrected chi connectivity index (χ1v) is 12.4. The zero-order chi connectivity index (χ0) is 20.4. The van der Waals surface area contributed by atoms with E-state index in [1.54, 1.807) is 6.07 Å². The summed E-state index contributed by atoms with van der Waals surface area (Å²) in [7, 11) is -3.35. The summed E-state index contributed by atoms with van der Waals surface area (Å²) in [6, 6.07) is 14.0. The molecule has 0 heterocycles. The SMILES string of the molecule is CCCC1Cc2cc(F)c(CNS(=O)(=O)C3CCC3)cc2C1Cc1ccccc1. The standard InChI is InChI=1S/C24H30FNO2S/c1-2-7-18-13-19-15-24(25)20(16-26-29(27,28)21-10-6-11-21)14-23(19)22(18)12-17-8-4-3-5-9-17/h3-5,8-9,14-15,18,21-22,26H,2,6-7,10-13,16H2,1H3. The van der Waals surface area contributed by atoms with Crippen LogP contribution in [0.2, 0.25) is 0 Å². The highest BCUT2D eigenvalue weighted by Crippen LogP contribution is 2.43. The summed E-state index contributed by atoms with van der Waals surface area (Å²) < 4.78 is 42.1. The Kier molecular flexibility index (Phi) is 6.07. The quantitative estimate of drug-likeness (QED) is 0.652. The van der Waals surface area contributed by atoms with E-state index in [2.05, 4.69) is 35.9 Å². The molecule has 3 nitrogen and oxygen atoms in total. The van der Waals surface area contributed by atoms with E-state index in [0.717, 1.165) is 37.7 Å². The fourth-order valence-electron chi connectivity index (χ4n) is 4.81. The van der Waals surface area contributed by atoms with Crippen LogP contribution in [0.15, 0.2) is 42.5 Å². The highest BCUT2D eigenvalue weighted by molar-refractivity contribution is 7.90. The van der Waals surface area contributed by atoms with Gasteiger partial charge in [-0.05, 0) is 66.7 Å². The largest absolute Gasteiger partial charge is 0.214 e. The van der Waals surface area contributed by atoms with Crippen molar-refractivity contribution in [2.75, 3.05) is 0 Å². The summed E-state index contributed by atoms with van der Waals surface area (Å²) in [5.74, 6) is 0.571. The Morgan fingerprint density at radius 3 is 2.55 bits per heavy atom. The number of fused-ring (bicyclic) bond motifs is 1. The molecule has 0 bridgehead atoms. The van der Waals surface area contributed by atoms with E-state index < -0.39 is 10.0 Å². The minimum absolute atomic E-state index is 0.0362. The van der Waals surface area contributed by atoms with Crippen LogP contribution >= 0.6 is 0 Å². The van der Waals surface area contributed by atoms with Crippen LogP contribution in [-0.2, 0) is 29.4 Å². The molecule has 29 heavy (non-hydrogen) atoms. The molecule has 156 valence electrons. The number of hydrogen-bond donors (Lipinski definition) is 1. The molecule has 2 aliphatic carbocycles. The molecule has 1 fully saturated rings. The van der Waals surface area contributed by atoms with Gasteiger partial charge in [0.05, 0.1) is 5.25 Å². The lowest BCUT2D eigenvalue weighted by Gasteiger charge is -2.25. The minimum atomic E-state index is -3.35. The Morgan fingerprint density at radius 1 is 1.14 bits per heavy atom. The molecule has 0 amide bonds. The predicted octanol–water partition coefficient (Wildman–Crippen LogP) is 5.10. The van der Waals surface area contributed by atoms with E-state index >= 15 is 0 Å². The van der Waals surface area contributed by atoms with Gasteiger partial charge in [0.25, 0.3) is 0 Å². The lowest BCUT2D eigenvalue weighted by Crippen LogP contribution is -2.38. The number of benzene rings is 2. The van der Waals surface area contributed by atoms with Crippen LogP contribution in [0.4, 0.5) is 4.39 Å². The Morgan fingerprint density at radius 2 is 1.90 bits per heavy atom. The van der Waals surface area contributed by atoms with Crippen molar-refractivity contribution in [3.8, 4) is 0 Å². The van der Waals surface area contributed by atoms with Crippen molar-refractivity contribution < 1.29 is 12.8 Å². The van der Waals surface area contributed by atoms with E-state index in [4.69, 9.17) is 0 Å². The first-order chi connectivity index (χ1) is 14.0. The van der Waals surface area contributed by atoms with E-state index in [0.29, 0.717) is 30.2 Å². The first-order valence-electron chi connectivity index (χ1n) is 10.8. The summed E-state index contributed by atoms with van der Waals surface area (Å²) in [4.78, 5) is 0. The Bertz CT molecular complexity index is 954. The van der Waals surface area contributed by atoms with Gasteiger partial charge in [0.2, 0.25) is 10.0 Å². The number of halogens is 1. The number of nitrogens with one attached hydrogen (secondary N) is 1. The van der Waals surface area contributed by atoms with Gasteiger partial charge in [-0.25, -0.2) is 17.5 Å². The molecular formula is C24H30FNO2S. The third kappa shape index (κ3) is 4.41. The van der Waals surface area contributed by atoms with Crippen LogP contribution < -0.4 is 4.72 Å². The van der Waals surface area contributed by atoms with Gasteiger partial charge in [-0.2, -0.15) is 0 Å². The van der Waals surface area contributed by atoms with Crippen LogP contribution in [0.25, 0.3) is 0 Å². The van der Waals surface area contributed by atoms with Gasteiger partial charge < -0.3 is 0 Å². The van der Waals surface area contributed by atoms with Gasteiger partial charge in [-0.3, -0.25) is 0 Å². The number of rotatable bonds is 8. The number of sulfonamides is 1. The van der Waals surface area contributed by atoms with E-state index in [1.165, 1.54) is 11.1 Å². The van der Waals surface area contributed by atoms with Crippen molar-refractivity contribution >= 4 is 10.0 Å². The maximum Gasteiger partial charge on any atom is 0.214 e. The zero-order valence-electron chi connectivity index (χ0n) is 17.0. The molecular weight excluding hydrogens is 385 g/mol. The lowest BCUT2D eigenvalue weighted by molar-refractivity contribution is 0.418. The molecule has 5 heteroatoms. The fourth-order valence-corrected chi connectivity index (χ4v) is 6.36. The van der Waals surface area contributed by atoms with Gasteiger partial charge in [-0.15, -0.1) is 0 Å². The first kappa shape index (κ1) is 20.5. The Labute approximate surface area is 173 Å². The van der Waals surface area contributed by atoms with Crippen molar-refractivity contribution in [2.24, 2.45) is 5.92 Å². The summed E-state index contributed by atoms with van der Waals surface area (Å²) in [6.45, 7) is 2.23. The average Bonchev–Trinajstić information content (AvgIpc) is 2.95. The molecule has 2 aliphatic rings. The van der Waals surface area contributed by atoms with Gasteiger partial charge in [0, 0.05) is 12.1 Å². The molecule has 2 unspecified atom stereocenters. The van der Waals surface area contributed by atoms with Crippen LogP contribution in [0.1, 0.15) is 67.2 Å². The molecule has 4 rings (SSSR count). The predicted molar refractivity (Wildman–Crippen MR) is 115 cm³/mol. The molecule has 2 aromatic carbocycles. The molecule has 0 radical (unpaired) electrons. The summed E-state index contributed by atoms with van der Waals surface area (Å²) in [5, 5.41) is -0.306. The molecule has 2 atom stereocenters. The van der Waals surface area contributed by atoms with E-state index in [9.17, 15) is 12.8 Å². The van der Waals surface area contributed by atoms with E-state index in [-0.39, 0.29) is 17.6 Å². The molecule has 0 spiro atoms. The van der Waals surface area contributed by atoms with E-state index in [1.807, 2.05) is 12.1 Å². The highest BCUT2D eigenvalue weighted by atomic mass is 32.2. The van der Waals surface area contributed by atoms with Crippen LogP contribution in [0, 0.1) is 11.7 Å². The van der Waals surface area contributed by atoms with Crippen molar-refractivity contribution in [3.63, 3.8) is 0 Å². The van der Waals surface area contributed by atoms with Crippen LogP contribution in [0.3, 0.4) is 0 Å². The van der Waals surface area contributed by atoms with Crippen molar-refractivity contribution in [3.05, 3.63) is 70.5 Å². The summed E-state index contributed by atoms with van der Waals surface area (Å²) in [5.41, 5.74) is 4.05. The average molecular weight is 416 g/mol. The molecule has 0 aliphatic heterocycles. The fraction of sp³-hybridized carbons (Fsp3) is 0.500. The smallest absolute Gasteiger partial charge is 0.212 e. The molecule has 2 aromatic rings. The van der Waals surface area contributed by atoms with Crippen LogP contribution in [0.5, 0.6) is 0 Å². The third-order valence-corrected chi connectivity index (χ3v) is 8.57. The number of hydrogen-bond acceptors (Lipinski definition) is 2. The molecule has 0 saturated heterocycles. The van der Waals surface area contributed by atoms with Gasteiger partial charge in [0.15, 0.2) is 0 Å². The summed E-state index contributed by atoms with van der Waals surface area (Å²) >= 11 is 0. The monoisotopic (exact) mass is 415 g/mol. The van der Waals surface area contributed by atoms with Gasteiger partial charge >= 0.3 is 0 Å². The van der Waals surface area contributed by atoms with Crippen molar-refractivity contribution in [2.45, 2.75) is 69.6 Å². The van der Waals surface area contributed by atoms with Crippen LogP contribution in [-0.4, -0.2) is 13.7 Å². The highest BCUT2D eigenvalue weighted by Gasteiger charge is 2.34. The third-order valence-electron chi connectivity index (χ3n) is 6.67. The Balaban J connectivity index is 1.58. The second-order valence-electron chi connectivity index (χ2n) is 8.61. The molecule has 0 aromatic heterocycles. The van der Waals surface area contributed by atoms with Crippen molar-refractivity contribution in [1.82, 2.24) is 4.72 Å². The lowest BCUT2D eigenvalue weighted by atomic mass is 9.84. The molecule has 1 N–H and O–H groups in total. The summed E-state index contributed by atoms with van der Waals surface area (Å²) in [6.07, 6.45) is 6.46. The minimum Gasteiger partial charge on any atom is -0.212 e. The maximum atomic E-state index is 14.7. The van der Waals surface area contributed by atoms with Gasteiger partial charge in [0.1, 0.15) is 5.82 Å². The normalized spacial score (nSPS) is 21.7. The van der Waals surface area contributed by atoms with Gasteiger partial charge in [-0.1, -0.05) is 56.2 Å². The second-order valence-corrected chi connectivity index (χ2v) is 10.7. The topological polar surface area (TPSA) is 46.2 Å². The van der Waals surface area contributed by atoms with Crippen molar-refractivity contribution in [1.29, 1.82) is 0 Å².